The molecule has 0 amide bonds. The van der Waals surface area contributed by atoms with Crippen LogP contribution in [0.15, 0.2) is 170 Å². The first-order chi connectivity index (χ1) is 27.3. The zero-order chi connectivity index (χ0) is 39.5. The van der Waals surface area contributed by atoms with Crippen molar-refractivity contribution < 1.29 is 0 Å². The van der Waals surface area contributed by atoms with E-state index in [-0.39, 0.29) is 11.4 Å². The van der Waals surface area contributed by atoms with Crippen LogP contribution < -0.4 is 9.80 Å². The predicted molar refractivity (Wildman–Crippen MR) is 230 cm³/mol. The molecule has 0 atom stereocenters. The molecule has 0 aliphatic carbocycles. The number of benzene rings is 6. The Labute approximate surface area is 348 Å². The molecule has 0 unspecified atom stereocenters. The quantitative estimate of drug-likeness (QED) is 0.137. The van der Waals surface area contributed by atoms with Crippen LogP contribution in [0, 0.1) is 22.7 Å². The fraction of sp³-hybridized carbons (Fsp3) is 0.0870. The van der Waals surface area contributed by atoms with Crippen LogP contribution in [0.25, 0.3) is 0 Å². The second-order valence-electron chi connectivity index (χ2n) is 12.3. The third-order valence-corrected chi connectivity index (χ3v) is 9.16. The minimum Gasteiger partial charge on any atom is -0.346 e. The molecule has 0 saturated carbocycles. The molecule has 10 heteroatoms. The molecule has 7 aromatic rings. The molecule has 6 aromatic carbocycles. The number of nitriles is 2. The van der Waals surface area contributed by atoms with E-state index in [4.69, 9.17) is 56.4 Å². The highest BCUT2D eigenvalue weighted by atomic mass is 35.5. The molecule has 0 spiro atoms. The third kappa shape index (κ3) is 13.2. The summed E-state index contributed by atoms with van der Waals surface area (Å²) in [5, 5.41) is 23.2. The van der Waals surface area contributed by atoms with Crippen LogP contribution in [0.1, 0.15) is 33.6 Å². The summed E-state index contributed by atoms with van der Waals surface area (Å²) in [6.07, 6.45) is 0. The Hall–Kier alpha value is -5.86. The second kappa shape index (κ2) is 21.9. The molecule has 0 bridgehead atoms. The topological polar surface area (TPSA) is 79.8 Å². The summed E-state index contributed by atoms with van der Waals surface area (Å²) in [4.78, 5) is 13.4. The Morgan fingerprint density at radius 2 is 0.554 bits per heavy atom. The lowest BCUT2D eigenvalue weighted by molar-refractivity contribution is 0.754. The molecule has 1 heterocycles. The molecule has 1 aromatic heterocycles. The van der Waals surface area contributed by atoms with Crippen molar-refractivity contribution in [1.82, 2.24) is 9.97 Å². The van der Waals surface area contributed by atoms with Crippen molar-refractivity contribution in [2.75, 3.05) is 9.80 Å². The molecule has 0 N–H and O–H groups in total. The summed E-state index contributed by atoms with van der Waals surface area (Å²) in [7, 11) is 0. The van der Waals surface area contributed by atoms with Gasteiger partial charge in [0.25, 0.3) is 0 Å². The van der Waals surface area contributed by atoms with E-state index in [1.807, 2.05) is 180 Å². The number of hydrogen-bond donors (Lipinski definition) is 0. The summed E-state index contributed by atoms with van der Waals surface area (Å²) < 4.78 is 0. The highest BCUT2D eigenvalue weighted by Gasteiger charge is 2.24. The Kier molecular flexibility index (Phi) is 16.1. The monoisotopic (exact) mass is 812 g/mol. The van der Waals surface area contributed by atoms with E-state index < -0.39 is 0 Å². The van der Waals surface area contributed by atoms with Crippen molar-refractivity contribution in [3.63, 3.8) is 0 Å². The van der Waals surface area contributed by atoms with Gasteiger partial charge in [-0.05, 0) is 70.8 Å². The molecule has 0 aliphatic heterocycles. The van der Waals surface area contributed by atoms with Crippen molar-refractivity contribution in [2.24, 2.45) is 0 Å². The van der Waals surface area contributed by atoms with E-state index in [1.54, 1.807) is 0 Å². The van der Waals surface area contributed by atoms with Crippen molar-refractivity contribution >= 4 is 58.0 Å². The van der Waals surface area contributed by atoms with Gasteiger partial charge in [0, 0.05) is 46.3 Å². The van der Waals surface area contributed by atoms with Gasteiger partial charge in [0.15, 0.2) is 23.0 Å². The zero-order valence-electron chi connectivity index (χ0n) is 30.2. The van der Waals surface area contributed by atoms with E-state index in [1.165, 1.54) is 0 Å². The van der Waals surface area contributed by atoms with E-state index in [9.17, 15) is 10.5 Å². The Morgan fingerprint density at radius 3 is 0.732 bits per heavy atom. The smallest absolute Gasteiger partial charge is 0.185 e. The fourth-order valence-corrected chi connectivity index (χ4v) is 5.93. The molecule has 0 aliphatic rings. The Morgan fingerprint density at radius 1 is 0.357 bits per heavy atom. The Bertz CT molecular complexity index is 1990. The first-order valence-electron chi connectivity index (χ1n) is 17.5. The van der Waals surface area contributed by atoms with Gasteiger partial charge >= 0.3 is 0 Å². The molecular weight excluding hydrogens is 778 g/mol. The van der Waals surface area contributed by atoms with Crippen LogP contribution in [0.5, 0.6) is 0 Å². The van der Waals surface area contributed by atoms with Crippen LogP contribution in [0.3, 0.4) is 0 Å². The summed E-state index contributed by atoms with van der Waals surface area (Å²) in [5.41, 5.74) is 3.98. The lowest BCUT2D eigenvalue weighted by atomic mass is 10.1. The third-order valence-electron chi connectivity index (χ3n) is 8.15. The molecule has 56 heavy (non-hydrogen) atoms. The summed E-state index contributed by atoms with van der Waals surface area (Å²) >= 11 is 24.5. The average molecular weight is 815 g/mol. The van der Waals surface area contributed by atoms with Crippen molar-refractivity contribution in [3.8, 4) is 12.1 Å². The van der Waals surface area contributed by atoms with E-state index >= 15 is 0 Å². The van der Waals surface area contributed by atoms with Gasteiger partial charge in [-0.25, -0.2) is 9.97 Å². The van der Waals surface area contributed by atoms with Crippen molar-refractivity contribution in [2.45, 2.75) is 26.2 Å². The normalized spacial score (nSPS) is 10.0. The maximum absolute atomic E-state index is 10.3. The summed E-state index contributed by atoms with van der Waals surface area (Å²) in [5.74, 6) is 0.603. The average Bonchev–Trinajstić information content (AvgIpc) is 3.24. The number of hydrogen-bond acceptors (Lipinski definition) is 6. The van der Waals surface area contributed by atoms with Crippen LogP contribution in [-0.2, 0) is 26.2 Å². The molecule has 278 valence electrons. The maximum Gasteiger partial charge on any atom is 0.185 e. The number of nitrogens with zero attached hydrogens (tertiary/aromatic N) is 6. The lowest BCUT2D eigenvalue weighted by Crippen LogP contribution is -2.28. The van der Waals surface area contributed by atoms with Crippen molar-refractivity contribution in [3.05, 3.63) is 224 Å². The molecule has 0 saturated heterocycles. The highest BCUT2D eigenvalue weighted by molar-refractivity contribution is 6.31. The maximum atomic E-state index is 10.3. The SMILES string of the molecule is N#Cc1nc(N(Cc2ccc(Cl)cc2)Cc2ccc(Cl)cc2)c(C#N)nc1N(Cc1ccc(Cl)cc1)Cc1ccc(Cl)cc1.c1ccccc1.c1ccccc1. The highest BCUT2D eigenvalue weighted by Crippen LogP contribution is 2.29. The van der Waals surface area contributed by atoms with E-state index in [0.29, 0.717) is 57.9 Å². The predicted octanol–water partition coefficient (Wildman–Crippen LogP) is 12.6. The van der Waals surface area contributed by atoms with Gasteiger partial charge < -0.3 is 9.80 Å². The first kappa shape index (κ1) is 41.3. The standard InChI is InChI=1S/C34H24Cl4N6.2C6H6/c35-27-9-1-23(2-10-27)19-43(20-24-3-11-28(36)12-4-24)33-31(17-39)42-34(32(18-40)41-33)44(21-25-5-13-29(37)14-6-25)22-26-7-15-30(38)16-8-26;2*1-2-4-6-5-3-1/h1-16H,19-22H2;2*1-6H. The first-order valence-corrected chi connectivity index (χ1v) is 19.0. The molecule has 7 rings (SSSR count). The van der Waals surface area contributed by atoms with Crippen LogP contribution in [0.4, 0.5) is 11.6 Å². The molecule has 6 nitrogen and oxygen atoms in total. The van der Waals surface area contributed by atoms with E-state index in [0.717, 1.165) is 22.3 Å². The van der Waals surface area contributed by atoms with Crippen molar-refractivity contribution in [1.29, 1.82) is 10.5 Å². The van der Waals surface area contributed by atoms with E-state index in [2.05, 4.69) is 12.1 Å². The van der Waals surface area contributed by atoms with Gasteiger partial charge in [0.1, 0.15) is 12.1 Å². The number of anilines is 2. The van der Waals surface area contributed by atoms with Gasteiger partial charge in [-0.1, -0.05) is 168 Å². The Balaban J connectivity index is 0.000000424. The van der Waals surface area contributed by atoms with Gasteiger partial charge in [-0.2, -0.15) is 10.5 Å². The molecule has 0 fully saturated rings. The number of halogens is 4. The van der Waals surface area contributed by atoms with Crippen LogP contribution >= 0.6 is 46.4 Å². The van der Waals surface area contributed by atoms with Crippen LogP contribution in [0.2, 0.25) is 20.1 Å². The lowest BCUT2D eigenvalue weighted by Gasteiger charge is -2.28. The summed E-state index contributed by atoms with van der Waals surface area (Å²) in [6, 6.07) is 58.2. The minimum atomic E-state index is 0.0964. The van der Waals surface area contributed by atoms with Crippen LogP contribution in [-0.4, -0.2) is 9.97 Å². The van der Waals surface area contributed by atoms with Gasteiger partial charge in [-0.15, -0.1) is 0 Å². The minimum absolute atomic E-state index is 0.0964. The van der Waals surface area contributed by atoms with Gasteiger partial charge in [-0.3, -0.25) is 0 Å². The van der Waals surface area contributed by atoms with Gasteiger partial charge in [0.05, 0.1) is 0 Å². The summed E-state index contributed by atoms with van der Waals surface area (Å²) in [6.45, 7) is 1.58. The molecular formula is C46H36Cl4N6. The zero-order valence-corrected chi connectivity index (χ0v) is 33.2. The fourth-order valence-electron chi connectivity index (χ4n) is 5.43. The van der Waals surface area contributed by atoms with Gasteiger partial charge in [0.2, 0.25) is 0 Å². The molecule has 0 radical (unpaired) electrons. The largest absolute Gasteiger partial charge is 0.346 e. The second-order valence-corrected chi connectivity index (χ2v) is 14.1. The number of rotatable bonds is 10. The number of aromatic nitrogens is 2.